The Hall–Kier alpha value is -3.18. The first-order valence-electron chi connectivity index (χ1n) is 10.4. The second-order valence-electron chi connectivity index (χ2n) is 8.34. The molecule has 8 nitrogen and oxygen atoms in total. The maximum absolute atomic E-state index is 12.3. The number of nitriles is 1. The van der Waals surface area contributed by atoms with Crippen LogP contribution in [0.1, 0.15) is 30.8 Å². The SMILES string of the molecule is CC(C)Cc1ccc(C#N)c(N2CCN(Cc3nc4c(cnn4C)c(=O)[nH]3)CC2)c1. The molecule has 0 unspecified atom stereocenters. The molecule has 4 rings (SSSR count). The highest BCUT2D eigenvalue weighted by Gasteiger charge is 2.21. The van der Waals surface area contributed by atoms with Gasteiger partial charge in [-0.3, -0.25) is 14.4 Å². The molecule has 0 aliphatic carbocycles. The first-order chi connectivity index (χ1) is 14.4. The molecule has 0 radical (unpaired) electrons. The molecule has 1 aromatic carbocycles. The van der Waals surface area contributed by atoms with E-state index in [1.807, 2.05) is 6.07 Å². The molecule has 8 heteroatoms. The summed E-state index contributed by atoms with van der Waals surface area (Å²) in [7, 11) is 1.79. The Morgan fingerprint density at radius 3 is 2.70 bits per heavy atom. The van der Waals surface area contributed by atoms with Crippen LogP contribution in [0.5, 0.6) is 0 Å². The highest BCUT2D eigenvalue weighted by molar-refractivity contribution is 5.72. The summed E-state index contributed by atoms with van der Waals surface area (Å²) in [5.41, 5.74) is 3.48. The van der Waals surface area contributed by atoms with Crippen LogP contribution in [0, 0.1) is 17.2 Å². The number of aromatic nitrogens is 4. The number of piperazine rings is 1. The van der Waals surface area contributed by atoms with Crippen LogP contribution < -0.4 is 10.5 Å². The lowest BCUT2D eigenvalue weighted by molar-refractivity contribution is 0.244. The molecule has 0 spiro atoms. The number of fused-ring (bicyclic) bond motifs is 1. The van der Waals surface area contributed by atoms with E-state index in [9.17, 15) is 10.1 Å². The van der Waals surface area contributed by atoms with E-state index in [1.165, 1.54) is 5.56 Å². The molecule has 1 aliphatic heterocycles. The van der Waals surface area contributed by atoms with Crippen molar-refractivity contribution in [3.63, 3.8) is 0 Å². The van der Waals surface area contributed by atoms with E-state index in [2.05, 4.69) is 56.9 Å². The minimum absolute atomic E-state index is 0.151. The van der Waals surface area contributed by atoms with Crippen molar-refractivity contribution in [1.82, 2.24) is 24.6 Å². The van der Waals surface area contributed by atoms with E-state index in [1.54, 1.807) is 17.9 Å². The van der Waals surface area contributed by atoms with Crippen molar-refractivity contribution in [3.05, 3.63) is 51.7 Å². The van der Waals surface area contributed by atoms with E-state index in [-0.39, 0.29) is 5.56 Å². The van der Waals surface area contributed by atoms with Gasteiger partial charge in [0.25, 0.3) is 5.56 Å². The summed E-state index contributed by atoms with van der Waals surface area (Å²) >= 11 is 0. The van der Waals surface area contributed by atoms with Gasteiger partial charge in [0.2, 0.25) is 0 Å². The third-order valence-corrected chi connectivity index (χ3v) is 5.56. The summed E-state index contributed by atoms with van der Waals surface area (Å²) in [6.45, 7) is 8.34. The van der Waals surface area contributed by atoms with Crippen molar-refractivity contribution in [2.24, 2.45) is 13.0 Å². The molecule has 1 aliphatic rings. The fourth-order valence-corrected chi connectivity index (χ4v) is 4.04. The zero-order chi connectivity index (χ0) is 21.3. The summed E-state index contributed by atoms with van der Waals surface area (Å²) < 4.78 is 1.62. The quantitative estimate of drug-likeness (QED) is 0.698. The zero-order valence-corrected chi connectivity index (χ0v) is 17.7. The lowest BCUT2D eigenvalue weighted by atomic mass is 10.00. The van der Waals surface area contributed by atoms with E-state index in [4.69, 9.17) is 0 Å². The second-order valence-corrected chi connectivity index (χ2v) is 8.34. The molecule has 0 atom stereocenters. The number of hydrogen-bond acceptors (Lipinski definition) is 6. The molecule has 3 aromatic rings. The van der Waals surface area contributed by atoms with Crippen LogP contribution in [0.2, 0.25) is 0 Å². The first-order valence-corrected chi connectivity index (χ1v) is 10.4. The van der Waals surface area contributed by atoms with Gasteiger partial charge in [0.1, 0.15) is 17.3 Å². The number of rotatable bonds is 5. The van der Waals surface area contributed by atoms with Crippen molar-refractivity contribution < 1.29 is 0 Å². The Labute approximate surface area is 175 Å². The summed E-state index contributed by atoms with van der Waals surface area (Å²) in [5, 5.41) is 14.2. The molecule has 156 valence electrons. The van der Waals surface area contributed by atoms with Gasteiger partial charge in [0.15, 0.2) is 5.65 Å². The molecule has 1 N–H and O–H groups in total. The fraction of sp³-hybridized carbons (Fsp3) is 0.455. The maximum Gasteiger partial charge on any atom is 0.262 e. The Bertz CT molecular complexity index is 1150. The van der Waals surface area contributed by atoms with Crippen molar-refractivity contribution in [2.45, 2.75) is 26.8 Å². The predicted molar refractivity (Wildman–Crippen MR) is 116 cm³/mol. The monoisotopic (exact) mass is 405 g/mol. The van der Waals surface area contributed by atoms with Crippen molar-refractivity contribution in [3.8, 4) is 6.07 Å². The van der Waals surface area contributed by atoms with Crippen LogP contribution in [-0.4, -0.2) is 50.8 Å². The molecule has 1 fully saturated rings. The van der Waals surface area contributed by atoms with Gasteiger partial charge < -0.3 is 9.88 Å². The topological polar surface area (TPSA) is 93.8 Å². The Morgan fingerprint density at radius 1 is 1.23 bits per heavy atom. The molecule has 0 bridgehead atoms. The van der Waals surface area contributed by atoms with Gasteiger partial charge in [0, 0.05) is 33.2 Å². The van der Waals surface area contributed by atoms with Gasteiger partial charge in [0.05, 0.1) is 24.0 Å². The number of nitrogens with one attached hydrogen (secondary N) is 1. The van der Waals surface area contributed by atoms with Crippen LogP contribution in [0.4, 0.5) is 5.69 Å². The maximum atomic E-state index is 12.3. The number of aryl methyl sites for hydroxylation is 1. The Balaban J connectivity index is 1.46. The fourth-order valence-electron chi connectivity index (χ4n) is 4.04. The normalized spacial score (nSPS) is 15.1. The summed E-state index contributed by atoms with van der Waals surface area (Å²) in [5.74, 6) is 1.23. The number of hydrogen-bond donors (Lipinski definition) is 1. The van der Waals surface area contributed by atoms with E-state index >= 15 is 0 Å². The molecular formula is C22H27N7O. The number of benzene rings is 1. The van der Waals surface area contributed by atoms with E-state index < -0.39 is 0 Å². The van der Waals surface area contributed by atoms with Gasteiger partial charge in [-0.25, -0.2) is 4.98 Å². The third kappa shape index (κ3) is 4.07. The number of aromatic amines is 1. The lowest BCUT2D eigenvalue weighted by Gasteiger charge is -2.36. The van der Waals surface area contributed by atoms with Gasteiger partial charge in [-0.2, -0.15) is 10.4 Å². The first kappa shape index (κ1) is 20.1. The van der Waals surface area contributed by atoms with Crippen molar-refractivity contribution in [1.29, 1.82) is 5.26 Å². The van der Waals surface area contributed by atoms with Crippen LogP contribution in [0.25, 0.3) is 11.0 Å². The standard InChI is InChI=1S/C22H27N7O/c1-15(2)10-16-4-5-17(12-23)19(11-16)29-8-6-28(7-9-29)14-20-25-21-18(22(30)26-20)13-24-27(21)3/h4-5,11,13,15H,6-10,14H2,1-3H3,(H,25,26,30). The summed E-state index contributed by atoms with van der Waals surface area (Å²) in [6, 6.07) is 8.51. The van der Waals surface area contributed by atoms with Gasteiger partial charge in [-0.05, 0) is 30.0 Å². The molecule has 1 saturated heterocycles. The largest absolute Gasteiger partial charge is 0.368 e. The van der Waals surface area contributed by atoms with Gasteiger partial charge in [-0.15, -0.1) is 0 Å². The number of nitrogens with zero attached hydrogens (tertiary/aromatic N) is 6. The summed E-state index contributed by atoms with van der Waals surface area (Å²) in [6.07, 6.45) is 2.55. The summed E-state index contributed by atoms with van der Waals surface area (Å²) in [4.78, 5) is 24.3. The third-order valence-electron chi connectivity index (χ3n) is 5.56. The Kier molecular flexibility index (Phi) is 5.55. The second kappa shape index (κ2) is 8.28. The van der Waals surface area contributed by atoms with Crippen LogP contribution in [-0.2, 0) is 20.0 Å². The number of H-pyrrole nitrogens is 1. The van der Waals surface area contributed by atoms with Gasteiger partial charge >= 0.3 is 0 Å². The van der Waals surface area contributed by atoms with Gasteiger partial charge in [-0.1, -0.05) is 19.9 Å². The average Bonchev–Trinajstić information content (AvgIpc) is 3.09. The van der Waals surface area contributed by atoms with Crippen molar-refractivity contribution in [2.75, 3.05) is 31.1 Å². The van der Waals surface area contributed by atoms with E-state index in [0.29, 0.717) is 29.3 Å². The Morgan fingerprint density at radius 2 is 2.00 bits per heavy atom. The molecular weight excluding hydrogens is 378 g/mol. The average molecular weight is 406 g/mol. The minimum atomic E-state index is -0.151. The molecule has 0 amide bonds. The van der Waals surface area contributed by atoms with E-state index in [0.717, 1.165) is 43.9 Å². The molecule has 0 saturated carbocycles. The number of anilines is 1. The van der Waals surface area contributed by atoms with Crippen LogP contribution >= 0.6 is 0 Å². The van der Waals surface area contributed by atoms with Crippen LogP contribution in [0.15, 0.2) is 29.2 Å². The zero-order valence-electron chi connectivity index (χ0n) is 17.7. The minimum Gasteiger partial charge on any atom is -0.368 e. The van der Waals surface area contributed by atoms with Crippen LogP contribution in [0.3, 0.4) is 0 Å². The molecule has 30 heavy (non-hydrogen) atoms. The lowest BCUT2D eigenvalue weighted by Crippen LogP contribution is -2.46. The smallest absolute Gasteiger partial charge is 0.262 e. The highest BCUT2D eigenvalue weighted by Crippen LogP contribution is 2.25. The van der Waals surface area contributed by atoms with Crippen molar-refractivity contribution >= 4 is 16.7 Å². The predicted octanol–water partition coefficient (Wildman–Crippen LogP) is 2.05. The highest BCUT2D eigenvalue weighted by atomic mass is 16.1. The molecule has 3 heterocycles. The molecule has 2 aromatic heterocycles.